The van der Waals surface area contributed by atoms with E-state index < -0.39 is 0 Å². The lowest BCUT2D eigenvalue weighted by molar-refractivity contribution is 1.01. The van der Waals surface area contributed by atoms with Crippen LogP contribution < -0.4 is 10.2 Å². The molecule has 0 unspecified atom stereocenters. The van der Waals surface area contributed by atoms with Crippen molar-refractivity contribution in [1.29, 1.82) is 0 Å². The smallest absolute Gasteiger partial charge is 0.228 e. The summed E-state index contributed by atoms with van der Waals surface area (Å²) in [6, 6.07) is 5.94. The van der Waals surface area contributed by atoms with Crippen molar-refractivity contribution in [3.8, 4) is 0 Å². The summed E-state index contributed by atoms with van der Waals surface area (Å²) >= 11 is 0. The van der Waals surface area contributed by atoms with Gasteiger partial charge in [0.25, 0.3) is 0 Å². The normalized spacial score (nSPS) is 10.9. The second-order valence-electron chi connectivity index (χ2n) is 5.24. The molecule has 3 aromatic rings. The minimum absolute atomic E-state index is 0.661. The molecule has 6 heteroatoms. The van der Waals surface area contributed by atoms with Crippen molar-refractivity contribution in [1.82, 2.24) is 19.9 Å². The van der Waals surface area contributed by atoms with Gasteiger partial charge in [-0.25, -0.2) is 0 Å². The number of nitrogens with one attached hydrogen (secondary N) is 2. The van der Waals surface area contributed by atoms with Crippen LogP contribution in [0.15, 0.2) is 24.4 Å². The van der Waals surface area contributed by atoms with E-state index in [1.165, 1.54) is 0 Å². The zero-order valence-electron chi connectivity index (χ0n) is 12.6. The van der Waals surface area contributed by atoms with Crippen LogP contribution in [0.5, 0.6) is 0 Å². The number of aromatic nitrogens is 4. The van der Waals surface area contributed by atoms with Gasteiger partial charge in [-0.3, -0.25) is 4.98 Å². The SMILES string of the molecule is Cc1cc2c(Nc3cccnc3C)nc(N(C)C)nc2[nH]1. The largest absolute Gasteiger partial charge is 0.347 e. The first-order valence-corrected chi connectivity index (χ1v) is 6.78. The third-order valence-corrected chi connectivity index (χ3v) is 3.27. The number of H-pyrrole nitrogens is 1. The zero-order chi connectivity index (χ0) is 15.0. The summed E-state index contributed by atoms with van der Waals surface area (Å²) in [7, 11) is 3.85. The Balaban J connectivity index is 2.14. The topological polar surface area (TPSA) is 69.7 Å². The second-order valence-corrected chi connectivity index (χ2v) is 5.24. The Kier molecular flexibility index (Phi) is 3.21. The number of pyridine rings is 1. The lowest BCUT2D eigenvalue weighted by atomic mass is 10.3. The van der Waals surface area contributed by atoms with Crippen LogP contribution in [0.25, 0.3) is 11.0 Å². The van der Waals surface area contributed by atoms with Crippen molar-refractivity contribution in [3.05, 3.63) is 35.8 Å². The van der Waals surface area contributed by atoms with Gasteiger partial charge < -0.3 is 15.2 Å². The predicted octanol–water partition coefficient (Wildman–Crippen LogP) is 2.78. The van der Waals surface area contributed by atoms with E-state index in [1.54, 1.807) is 6.20 Å². The molecule has 0 bridgehead atoms. The number of rotatable bonds is 3. The van der Waals surface area contributed by atoms with Crippen LogP contribution in [0, 0.1) is 13.8 Å². The molecule has 0 atom stereocenters. The van der Waals surface area contributed by atoms with Crippen molar-refractivity contribution in [2.24, 2.45) is 0 Å². The molecule has 3 aromatic heterocycles. The van der Waals surface area contributed by atoms with Gasteiger partial charge in [0.2, 0.25) is 5.95 Å². The highest BCUT2D eigenvalue weighted by atomic mass is 15.2. The maximum absolute atomic E-state index is 4.61. The lowest BCUT2D eigenvalue weighted by Gasteiger charge is -2.14. The Morgan fingerprint density at radius 1 is 1.19 bits per heavy atom. The number of aromatic amines is 1. The lowest BCUT2D eigenvalue weighted by Crippen LogP contribution is -2.13. The molecule has 108 valence electrons. The highest BCUT2D eigenvalue weighted by Gasteiger charge is 2.12. The second kappa shape index (κ2) is 5.05. The van der Waals surface area contributed by atoms with E-state index in [-0.39, 0.29) is 0 Å². The summed E-state index contributed by atoms with van der Waals surface area (Å²) in [5.74, 6) is 1.44. The minimum atomic E-state index is 0.661. The van der Waals surface area contributed by atoms with Crippen LogP contribution in [-0.2, 0) is 0 Å². The van der Waals surface area contributed by atoms with Gasteiger partial charge in [0.1, 0.15) is 11.5 Å². The highest BCUT2D eigenvalue weighted by Crippen LogP contribution is 2.27. The first kappa shape index (κ1) is 13.4. The highest BCUT2D eigenvalue weighted by molar-refractivity contribution is 5.90. The quantitative estimate of drug-likeness (QED) is 0.773. The molecule has 21 heavy (non-hydrogen) atoms. The van der Waals surface area contributed by atoms with E-state index in [2.05, 4.69) is 25.3 Å². The van der Waals surface area contributed by atoms with E-state index in [9.17, 15) is 0 Å². The maximum atomic E-state index is 4.61. The molecule has 0 saturated heterocycles. The molecule has 0 fully saturated rings. The third-order valence-electron chi connectivity index (χ3n) is 3.27. The Labute approximate surface area is 123 Å². The summed E-state index contributed by atoms with van der Waals surface area (Å²) in [6.45, 7) is 3.98. The molecule has 0 radical (unpaired) electrons. The molecule has 0 aliphatic carbocycles. The standard InChI is InChI=1S/C15H18N6/c1-9-8-11-13(17-9)19-15(21(3)4)20-14(11)18-12-6-5-7-16-10(12)2/h5-8H,1-4H3,(H2,17,18,19,20). The third kappa shape index (κ3) is 2.52. The molecule has 3 rings (SSSR count). The fourth-order valence-electron chi connectivity index (χ4n) is 2.17. The summed E-state index contributed by atoms with van der Waals surface area (Å²) in [5, 5.41) is 4.34. The first-order valence-electron chi connectivity index (χ1n) is 6.78. The predicted molar refractivity (Wildman–Crippen MR) is 85.2 cm³/mol. The molecule has 0 spiro atoms. The van der Waals surface area contributed by atoms with E-state index in [0.29, 0.717) is 5.95 Å². The fraction of sp³-hybridized carbons (Fsp3) is 0.267. The van der Waals surface area contributed by atoms with Gasteiger partial charge in [-0.05, 0) is 32.0 Å². The van der Waals surface area contributed by atoms with Gasteiger partial charge in [-0.15, -0.1) is 0 Å². The van der Waals surface area contributed by atoms with Crippen molar-refractivity contribution in [2.75, 3.05) is 24.3 Å². The van der Waals surface area contributed by atoms with Crippen molar-refractivity contribution in [3.63, 3.8) is 0 Å². The van der Waals surface area contributed by atoms with Gasteiger partial charge in [-0.1, -0.05) is 0 Å². The Morgan fingerprint density at radius 2 is 2.00 bits per heavy atom. The number of nitrogens with zero attached hydrogens (tertiary/aromatic N) is 4. The molecular formula is C15H18N6. The monoisotopic (exact) mass is 282 g/mol. The minimum Gasteiger partial charge on any atom is -0.347 e. The number of aryl methyl sites for hydroxylation is 2. The summed E-state index contributed by atoms with van der Waals surface area (Å²) in [5.41, 5.74) is 3.76. The van der Waals surface area contributed by atoms with Gasteiger partial charge in [0.15, 0.2) is 0 Å². The van der Waals surface area contributed by atoms with Gasteiger partial charge in [0, 0.05) is 26.0 Å². The number of hydrogen-bond acceptors (Lipinski definition) is 5. The Bertz CT molecular complexity index is 790. The molecule has 0 aliphatic rings. The molecule has 6 nitrogen and oxygen atoms in total. The van der Waals surface area contributed by atoms with Crippen LogP contribution in [0.1, 0.15) is 11.4 Å². The number of fused-ring (bicyclic) bond motifs is 1. The average molecular weight is 282 g/mol. The van der Waals surface area contributed by atoms with Crippen LogP contribution in [-0.4, -0.2) is 34.0 Å². The van der Waals surface area contributed by atoms with Crippen LogP contribution >= 0.6 is 0 Å². The molecular weight excluding hydrogens is 264 g/mol. The molecule has 0 saturated carbocycles. The van der Waals surface area contributed by atoms with E-state index in [1.807, 2.05) is 51.0 Å². The summed E-state index contributed by atoms with van der Waals surface area (Å²) in [6.07, 6.45) is 1.78. The summed E-state index contributed by atoms with van der Waals surface area (Å²) < 4.78 is 0. The van der Waals surface area contributed by atoms with Crippen molar-refractivity contribution < 1.29 is 0 Å². The van der Waals surface area contributed by atoms with Crippen LogP contribution in [0.3, 0.4) is 0 Å². The van der Waals surface area contributed by atoms with Gasteiger partial charge in [0.05, 0.1) is 16.8 Å². The maximum Gasteiger partial charge on any atom is 0.228 e. The van der Waals surface area contributed by atoms with Crippen LogP contribution in [0.4, 0.5) is 17.5 Å². The average Bonchev–Trinajstić information content (AvgIpc) is 2.81. The van der Waals surface area contributed by atoms with Crippen molar-refractivity contribution >= 4 is 28.5 Å². The number of anilines is 3. The van der Waals surface area contributed by atoms with Crippen molar-refractivity contribution in [2.45, 2.75) is 13.8 Å². The van der Waals surface area contributed by atoms with E-state index in [0.717, 1.165) is 33.9 Å². The van der Waals surface area contributed by atoms with E-state index in [4.69, 9.17) is 0 Å². The van der Waals surface area contributed by atoms with E-state index >= 15 is 0 Å². The number of hydrogen-bond donors (Lipinski definition) is 2. The molecule has 2 N–H and O–H groups in total. The molecule has 0 aliphatic heterocycles. The first-order chi connectivity index (χ1) is 10.0. The molecule has 0 amide bonds. The van der Waals surface area contributed by atoms with Gasteiger partial charge in [-0.2, -0.15) is 9.97 Å². The zero-order valence-corrected chi connectivity index (χ0v) is 12.6. The molecule has 3 heterocycles. The van der Waals surface area contributed by atoms with Gasteiger partial charge >= 0.3 is 0 Å². The fourth-order valence-corrected chi connectivity index (χ4v) is 2.17. The molecule has 0 aromatic carbocycles. The Hall–Kier alpha value is -2.63. The Morgan fingerprint density at radius 3 is 2.71 bits per heavy atom. The summed E-state index contributed by atoms with van der Waals surface area (Å²) in [4.78, 5) is 18.6. The van der Waals surface area contributed by atoms with Crippen LogP contribution in [0.2, 0.25) is 0 Å².